The van der Waals surface area contributed by atoms with Crippen LogP contribution < -0.4 is 5.73 Å². The lowest BCUT2D eigenvalue weighted by atomic mass is 9.99. The van der Waals surface area contributed by atoms with Crippen molar-refractivity contribution in [1.82, 2.24) is 4.90 Å². The van der Waals surface area contributed by atoms with Crippen molar-refractivity contribution in [2.24, 2.45) is 0 Å². The van der Waals surface area contributed by atoms with E-state index in [9.17, 15) is 4.79 Å². The van der Waals surface area contributed by atoms with E-state index in [0.717, 1.165) is 50.0 Å². The standard InChI is InChI=1S/C16H26N2O2/c1-3-9-18(10-4-2)11-8-13-6-5-7-15(17)14(13)12-16(19)20/h5-7H,3-4,8-12,17H2,1-2H3,(H,19,20). The van der Waals surface area contributed by atoms with E-state index in [1.807, 2.05) is 12.1 Å². The Morgan fingerprint density at radius 3 is 2.40 bits per heavy atom. The number of carboxylic acid groups (broad SMARTS) is 1. The second kappa shape index (κ2) is 8.59. The summed E-state index contributed by atoms with van der Waals surface area (Å²) in [5.41, 5.74) is 8.33. The highest BCUT2D eigenvalue weighted by molar-refractivity contribution is 5.73. The Kier molecular flexibility index (Phi) is 7.09. The van der Waals surface area contributed by atoms with Gasteiger partial charge in [-0.25, -0.2) is 0 Å². The van der Waals surface area contributed by atoms with Gasteiger partial charge in [0.1, 0.15) is 0 Å². The first-order valence-corrected chi connectivity index (χ1v) is 7.38. The maximum absolute atomic E-state index is 11.0. The molecular formula is C16H26N2O2. The normalized spacial score (nSPS) is 10.9. The van der Waals surface area contributed by atoms with Crippen molar-refractivity contribution < 1.29 is 9.90 Å². The Morgan fingerprint density at radius 2 is 1.85 bits per heavy atom. The smallest absolute Gasteiger partial charge is 0.307 e. The van der Waals surface area contributed by atoms with Crippen molar-refractivity contribution in [3.05, 3.63) is 29.3 Å². The van der Waals surface area contributed by atoms with E-state index in [2.05, 4.69) is 18.7 Å². The van der Waals surface area contributed by atoms with Crippen molar-refractivity contribution in [3.8, 4) is 0 Å². The Labute approximate surface area is 121 Å². The van der Waals surface area contributed by atoms with E-state index < -0.39 is 5.97 Å². The molecule has 0 fully saturated rings. The number of aliphatic carboxylic acids is 1. The first-order valence-electron chi connectivity index (χ1n) is 7.38. The predicted octanol–water partition coefficient (Wildman–Crippen LogP) is 2.56. The van der Waals surface area contributed by atoms with Crippen LogP contribution in [0.25, 0.3) is 0 Å². The van der Waals surface area contributed by atoms with Gasteiger partial charge in [0, 0.05) is 12.2 Å². The Bertz CT molecular complexity index is 426. The minimum atomic E-state index is -0.830. The molecule has 1 aromatic rings. The van der Waals surface area contributed by atoms with Crippen LogP contribution in [0, 0.1) is 0 Å². The van der Waals surface area contributed by atoms with Crippen LogP contribution in [0.1, 0.15) is 37.8 Å². The minimum absolute atomic E-state index is 0.00353. The fraction of sp³-hybridized carbons (Fsp3) is 0.562. The molecule has 0 aliphatic carbocycles. The molecule has 112 valence electrons. The van der Waals surface area contributed by atoms with E-state index >= 15 is 0 Å². The molecular weight excluding hydrogens is 252 g/mol. The minimum Gasteiger partial charge on any atom is -0.481 e. The highest BCUT2D eigenvalue weighted by Crippen LogP contribution is 2.19. The second-order valence-corrected chi connectivity index (χ2v) is 5.15. The zero-order valence-electron chi connectivity index (χ0n) is 12.6. The zero-order valence-corrected chi connectivity index (χ0v) is 12.6. The van der Waals surface area contributed by atoms with E-state index in [1.54, 1.807) is 6.07 Å². The van der Waals surface area contributed by atoms with Gasteiger partial charge in [-0.05, 0) is 49.5 Å². The van der Waals surface area contributed by atoms with Crippen LogP contribution in [0.4, 0.5) is 5.69 Å². The van der Waals surface area contributed by atoms with Crippen molar-refractivity contribution >= 4 is 11.7 Å². The Morgan fingerprint density at radius 1 is 1.20 bits per heavy atom. The van der Waals surface area contributed by atoms with E-state index in [0.29, 0.717) is 5.69 Å². The molecule has 4 heteroatoms. The molecule has 0 heterocycles. The van der Waals surface area contributed by atoms with Gasteiger partial charge in [0.15, 0.2) is 0 Å². The third-order valence-electron chi connectivity index (χ3n) is 3.41. The molecule has 0 amide bonds. The molecule has 0 unspecified atom stereocenters. The van der Waals surface area contributed by atoms with Gasteiger partial charge in [0.2, 0.25) is 0 Å². The summed E-state index contributed by atoms with van der Waals surface area (Å²) in [5, 5.41) is 9.00. The monoisotopic (exact) mass is 278 g/mol. The van der Waals surface area contributed by atoms with Gasteiger partial charge >= 0.3 is 5.97 Å². The van der Waals surface area contributed by atoms with Gasteiger partial charge < -0.3 is 15.7 Å². The van der Waals surface area contributed by atoms with Crippen molar-refractivity contribution in [1.29, 1.82) is 0 Å². The molecule has 0 aliphatic rings. The lowest BCUT2D eigenvalue weighted by Gasteiger charge is -2.21. The van der Waals surface area contributed by atoms with Crippen LogP contribution in [-0.4, -0.2) is 35.6 Å². The van der Waals surface area contributed by atoms with Crippen molar-refractivity contribution in [3.63, 3.8) is 0 Å². The topological polar surface area (TPSA) is 66.6 Å². The molecule has 3 N–H and O–H groups in total. The number of nitrogens with zero attached hydrogens (tertiary/aromatic N) is 1. The molecule has 20 heavy (non-hydrogen) atoms. The number of nitrogen functional groups attached to an aromatic ring is 1. The van der Waals surface area contributed by atoms with E-state index in [4.69, 9.17) is 10.8 Å². The number of rotatable bonds is 9. The van der Waals surface area contributed by atoms with Crippen LogP contribution in [0.15, 0.2) is 18.2 Å². The number of nitrogens with two attached hydrogens (primary N) is 1. The molecule has 0 spiro atoms. The predicted molar refractivity (Wildman–Crippen MR) is 82.9 cm³/mol. The summed E-state index contributed by atoms with van der Waals surface area (Å²) < 4.78 is 0. The largest absolute Gasteiger partial charge is 0.481 e. The number of anilines is 1. The third-order valence-corrected chi connectivity index (χ3v) is 3.41. The highest BCUT2D eigenvalue weighted by atomic mass is 16.4. The molecule has 1 rings (SSSR count). The number of hydrogen-bond donors (Lipinski definition) is 2. The highest BCUT2D eigenvalue weighted by Gasteiger charge is 2.11. The van der Waals surface area contributed by atoms with Gasteiger partial charge in [0.25, 0.3) is 0 Å². The molecule has 0 atom stereocenters. The third kappa shape index (κ3) is 5.21. The summed E-state index contributed by atoms with van der Waals surface area (Å²) in [7, 11) is 0. The maximum Gasteiger partial charge on any atom is 0.307 e. The Balaban J connectivity index is 2.75. The molecule has 0 bridgehead atoms. The Hall–Kier alpha value is -1.55. The average Bonchev–Trinajstić information content (AvgIpc) is 2.39. The van der Waals surface area contributed by atoms with Crippen LogP contribution in [-0.2, 0) is 17.6 Å². The van der Waals surface area contributed by atoms with Gasteiger partial charge in [-0.1, -0.05) is 26.0 Å². The lowest BCUT2D eigenvalue weighted by molar-refractivity contribution is -0.136. The zero-order chi connectivity index (χ0) is 15.0. The number of carbonyl (C=O) groups is 1. The summed E-state index contributed by atoms with van der Waals surface area (Å²) in [5.74, 6) is -0.830. The summed E-state index contributed by atoms with van der Waals surface area (Å²) in [6, 6.07) is 5.67. The quantitative estimate of drug-likeness (QED) is 0.681. The molecule has 0 aliphatic heterocycles. The molecule has 4 nitrogen and oxygen atoms in total. The van der Waals surface area contributed by atoms with Gasteiger partial charge in [-0.15, -0.1) is 0 Å². The fourth-order valence-electron chi connectivity index (χ4n) is 2.50. The first kappa shape index (κ1) is 16.5. The van der Waals surface area contributed by atoms with Crippen molar-refractivity contribution in [2.75, 3.05) is 25.4 Å². The van der Waals surface area contributed by atoms with Gasteiger partial charge in [0.05, 0.1) is 6.42 Å². The molecule has 0 saturated carbocycles. The molecule has 0 saturated heterocycles. The van der Waals surface area contributed by atoms with E-state index in [1.165, 1.54) is 0 Å². The summed E-state index contributed by atoms with van der Waals surface area (Å²) >= 11 is 0. The fourth-order valence-corrected chi connectivity index (χ4v) is 2.50. The molecule has 1 aromatic carbocycles. The number of hydrogen-bond acceptors (Lipinski definition) is 3. The SMILES string of the molecule is CCCN(CCC)CCc1cccc(N)c1CC(=O)O. The molecule has 0 aromatic heterocycles. The summed E-state index contributed by atoms with van der Waals surface area (Å²) in [6.45, 7) is 7.49. The number of benzene rings is 1. The van der Waals surface area contributed by atoms with Crippen LogP contribution >= 0.6 is 0 Å². The second-order valence-electron chi connectivity index (χ2n) is 5.15. The maximum atomic E-state index is 11.0. The van der Waals surface area contributed by atoms with Gasteiger partial charge in [-0.2, -0.15) is 0 Å². The van der Waals surface area contributed by atoms with Crippen LogP contribution in [0.5, 0.6) is 0 Å². The molecule has 0 radical (unpaired) electrons. The van der Waals surface area contributed by atoms with Gasteiger partial charge in [-0.3, -0.25) is 4.79 Å². The van der Waals surface area contributed by atoms with Crippen molar-refractivity contribution in [2.45, 2.75) is 39.5 Å². The average molecular weight is 278 g/mol. The summed E-state index contributed by atoms with van der Waals surface area (Å²) in [4.78, 5) is 13.4. The summed E-state index contributed by atoms with van der Waals surface area (Å²) in [6.07, 6.45) is 3.13. The van der Waals surface area contributed by atoms with Crippen LogP contribution in [0.3, 0.4) is 0 Å². The van der Waals surface area contributed by atoms with Crippen LogP contribution in [0.2, 0.25) is 0 Å². The first-order chi connectivity index (χ1) is 9.58. The van der Waals surface area contributed by atoms with E-state index in [-0.39, 0.29) is 6.42 Å². The lowest BCUT2D eigenvalue weighted by Crippen LogP contribution is -2.28. The number of carboxylic acids is 1.